The van der Waals surface area contributed by atoms with Gasteiger partial charge in [-0.15, -0.1) is 11.6 Å². The number of hydrogen-bond donors (Lipinski definition) is 0. The highest BCUT2D eigenvalue weighted by atomic mass is 35.5. The van der Waals surface area contributed by atoms with Gasteiger partial charge >= 0.3 is 0 Å². The molecule has 0 aliphatic heterocycles. The molecule has 0 amide bonds. The molecule has 0 N–H and O–H groups in total. The van der Waals surface area contributed by atoms with Crippen LogP contribution in [-0.2, 0) is 0 Å². The summed E-state index contributed by atoms with van der Waals surface area (Å²) in [4.78, 5) is 0. The van der Waals surface area contributed by atoms with E-state index in [0.717, 1.165) is 17.7 Å². The maximum absolute atomic E-state index is 13.3. The van der Waals surface area contributed by atoms with Gasteiger partial charge in [-0.1, -0.05) is 12.1 Å². The van der Waals surface area contributed by atoms with Crippen molar-refractivity contribution < 1.29 is 13.2 Å². The maximum Gasteiger partial charge on any atom is 0.159 e. The van der Waals surface area contributed by atoms with Gasteiger partial charge in [0.25, 0.3) is 0 Å². The SMILES string of the molecule is Cc1cc(F)cc(C(Cl)c2ccc(F)c(F)c2)c1. The van der Waals surface area contributed by atoms with E-state index in [1.807, 2.05) is 0 Å². The van der Waals surface area contributed by atoms with Crippen LogP contribution in [0.5, 0.6) is 0 Å². The molecule has 2 rings (SSSR count). The Hall–Kier alpha value is -1.48. The maximum atomic E-state index is 13.3. The third kappa shape index (κ3) is 2.67. The summed E-state index contributed by atoms with van der Waals surface area (Å²) in [6.45, 7) is 1.74. The van der Waals surface area contributed by atoms with E-state index in [0.29, 0.717) is 11.1 Å². The first-order valence-corrected chi connectivity index (χ1v) is 5.77. The first-order chi connectivity index (χ1) is 8.47. The topological polar surface area (TPSA) is 0 Å². The molecule has 0 spiro atoms. The smallest absolute Gasteiger partial charge is 0.159 e. The Morgan fingerprint density at radius 3 is 2.22 bits per heavy atom. The molecule has 94 valence electrons. The quantitative estimate of drug-likeness (QED) is 0.692. The second-order valence-electron chi connectivity index (χ2n) is 4.10. The Bertz CT molecular complexity index is 561. The van der Waals surface area contributed by atoms with Crippen molar-refractivity contribution in [3.63, 3.8) is 0 Å². The second kappa shape index (κ2) is 5.02. The Morgan fingerprint density at radius 2 is 1.61 bits per heavy atom. The summed E-state index contributed by atoms with van der Waals surface area (Å²) < 4.78 is 39.2. The number of rotatable bonds is 2. The highest BCUT2D eigenvalue weighted by Crippen LogP contribution is 2.30. The van der Waals surface area contributed by atoms with Crippen molar-refractivity contribution >= 4 is 11.6 Å². The van der Waals surface area contributed by atoms with Crippen LogP contribution >= 0.6 is 11.6 Å². The molecule has 0 radical (unpaired) electrons. The minimum atomic E-state index is -0.966. The Labute approximate surface area is 108 Å². The molecule has 0 aromatic heterocycles. The highest BCUT2D eigenvalue weighted by molar-refractivity contribution is 6.22. The zero-order chi connectivity index (χ0) is 13.3. The van der Waals surface area contributed by atoms with Crippen LogP contribution in [-0.4, -0.2) is 0 Å². The van der Waals surface area contributed by atoms with Crippen molar-refractivity contribution in [2.45, 2.75) is 12.3 Å². The van der Waals surface area contributed by atoms with Gasteiger partial charge < -0.3 is 0 Å². The van der Waals surface area contributed by atoms with Gasteiger partial charge in [0.15, 0.2) is 11.6 Å². The molecule has 0 heterocycles. The van der Waals surface area contributed by atoms with E-state index in [1.165, 1.54) is 18.2 Å². The van der Waals surface area contributed by atoms with Gasteiger partial charge in [-0.05, 0) is 47.9 Å². The van der Waals surface area contributed by atoms with E-state index in [-0.39, 0.29) is 0 Å². The fourth-order valence-electron chi connectivity index (χ4n) is 1.77. The molecular formula is C14H10ClF3. The van der Waals surface area contributed by atoms with Crippen molar-refractivity contribution in [1.29, 1.82) is 0 Å². The molecule has 1 atom stereocenters. The molecule has 1 unspecified atom stereocenters. The van der Waals surface area contributed by atoms with Crippen molar-refractivity contribution in [3.8, 4) is 0 Å². The van der Waals surface area contributed by atoms with Crippen LogP contribution in [0.4, 0.5) is 13.2 Å². The minimum absolute atomic E-state index is 0.389. The van der Waals surface area contributed by atoms with Crippen LogP contribution in [0, 0.1) is 24.4 Å². The molecule has 2 aromatic rings. The molecule has 0 aliphatic carbocycles. The fourth-order valence-corrected chi connectivity index (χ4v) is 2.04. The lowest BCUT2D eigenvalue weighted by molar-refractivity contribution is 0.507. The number of halogens is 4. The van der Waals surface area contributed by atoms with Crippen molar-refractivity contribution in [2.24, 2.45) is 0 Å². The van der Waals surface area contributed by atoms with Crippen molar-refractivity contribution in [3.05, 3.63) is 70.5 Å². The molecule has 0 saturated carbocycles. The first-order valence-electron chi connectivity index (χ1n) is 5.33. The molecule has 0 bridgehead atoms. The molecular weight excluding hydrogens is 261 g/mol. The van der Waals surface area contributed by atoms with Gasteiger partial charge in [0.05, 0.1) is 5.38 Å². The summed E-state index contributed by atoms with van der Waals surface area (Å²) in [6, 6.07) is 7.78. The summed E-state index contributed by atoms with van der Waals surface area (Å²) >= 11 is 6.14. The average molecular weight is 271 g/mol. The monoisotopic (exact) mass is 270 g/mol. The molecule has 18 heavy (non-hydrogen) atoms. The average Bonchev–Trinajstić information content (AvgIpc) is 2.30. The van der Waals surface area contributed by atoms with Gasteiger partial charge in [0.1, 0.15) is 5.82 Å². The van der Waals surface area contributed by atoms with Crippen LogP contribution < -0.4 is 0 Å². The standard InChI is InChI=1S/C14H10ClF3/c1-8-4-10(6-11(16)5-8)14(15)9-2-3-12(17)13(18)7-9/h2-7,14H,1H3. The molecule has 2 aromatic carbocycles. The van der Waals surface area contributed by atoms with Crippen LogP contribution in [0.1, 0.15) is 22.1 Å². The summed E-state index contributed by atoms with van der Waals surface area (Å²) in [7, 11) is 0. The Balaban J connectivity index is 2.40. The van der Waals surface area contributed by atoms with Gasteiger partial charge in [0.2, 0.25) is 0 Å². The van der Waals surface area contributed by atoms with E-state index >= 15 is 0 Å². The zero-order valence-corrected chi connectivity index (χ0v) is 10.3. The first kappa shape index (κ1) is 13.0. The lowest BCUT2D eigenvalue weighted by Crippen LogP contribution is -1.97. The van der Waals surface area contributed by atoms with E-state index in [2.05, 4.69) is 0 Å². The normalized spacial score (nSPS) is 12.5. The summed E-state index contributed by atoms with van der Waals surface area (Å²) in [5.74, 6) is -2.30. The third-order valence-corrected chi connectivity index (χ3v) is 3.10. The van der Waals surface area contributed by atoms with Crippen LogP contribution in [0.15, 0.2) is 36.4 Å². The fraction of sp³-hybridized carbons (Fsp3) is 0.143. The molecule has 0 nitrogen and oxygen atoms in total. The Morgan fingerprint density at radius 1 is 0.889 bits per heavy atom. The number of alkyl halides is 1. The van der Waals surface area contributed by atoms with Crippen LogP contribution in [0.25, 0.3) is 0 Å². The van der Waals surface area contributed by atoms with E-state index in [9.17, 15) is 13.2 Å². The van der Waals surface area contributed by atoms with Crippen LogP contribution in [0.3, 0.4) is 0 Å². The summed E-state index contributed by atoms with van der Waals surface area (Å²) in [5.41, 5.74) is 1.62. The number of hydrogen-bond acceptors (Lipinski definition) is 0. The van der Waals surface area contributed by atoms with Gasteiger partial charge in [-0.25, -0.2) is 13.2 Å². The van der Waals surface area contributed by atoms with Crippen molar-refractivity contribution in [1.82, 2.24) is 0 Å². The van der Waals surface area contributed by atoms with Gasteiger partial charge in [-0.3, -0.25) is 0 Å². The summed E-state index contributed by atoms with van der Waals surface area (Å²) in [6.07, 6.45) is 0. The number of aryl methyl sites for hydroxylation is 1. The lowest BCUT2D eigenvalue weighted by atomic mass is 10.0. The predicted octanol–water partition coefficient (Wildman–Crippen LogP) is 4.74. The number of benzene rings is 2. The molecule has 4 heteroatoms. The highest BCUT2D eigenvalue weighted by Gasteiger charge is 2.14. The molecule has 0 saturated heterocycles. The zero-order valence-electron chi connectivity index (χ0n) is 9.55. The second-order valence-corrected chi connectivity index (χ2v) is 4.53. The lowest BCUT2D eigenvalue weighted by Gasteiger charge is -2.11. The Kier molecular flexibility index (Phi) is 3.62. The van der Waals surface area contributed by atoms with Crippen LogP contribution in [0.2, 0.25) is 0 Å². The summed E-state index contributed by atoms with van der Waals surface area (Å²) in [5, 5.41) is -0.713. The van der Waals surface area contributed by atoms with E-state index in [4.69, 9.17) is 11.6 Å². The van der Waals surface area contributed by atoms with Crippen molar-refractivity contribution in [2.75, 3.05) is 0 Å². The molecule has 0 aliphatic rings. The van der Waals surface area contributed by atoms with E-state index < -0.39 is 22.8 Å². The molecule has 0 fully saturated rings. The third-order valence-electron chi connectivity index (χ3n) is 2.59. The predicted molar refractivity (Wildman–Crippen MR) is 65.2 cm³/mol. The van der Waals surface area contributed by atoms with Gasteiger partial charge in [-0.2, -0.15) is 0 Å². The largest absolute Gasteiger partial charge is 0.207 e. The van der Waals surface area contributed by atoms with Gasteiger partial charge in [0, 0.05) is 0 Å². The minimum Gasteiger partial charge on any atom is -0.207 e. The van der Waals surface area contributed by atoms with E-state index in [1.54, 1.807) is 13.0 Å².